The SMILES string of the molecule is O=C(NCCCNC1CC1)N1CCCC1. The number of hydrogen-bond donors (Lipinski definition) is 2. The van der Waals surface area contributed by atoms with E-state index >= 15 is 0 Å². The monoisotopic (exact) mass is 211 g/mol. The second-order valence-corrected chi connectivity index (χ2v) is 4.51. The molecule has 1 heterocycles. The largest absolute Gasteiger partial charge is 0.338 e. The first-order valence-corrected chi connectivity index (χ1v) is 6.12. The number of rotatable bonds is 5. The summed E-state index contributed by atoms with van der Waals surface area (Å²) in [6.07, 6.45) is 6.03. The molecule has 1 saturated heterocycles. The topological polar surface area (TPSA) is 44.4 Å². The first-order chi connectivity index (χ1) is 7.36. The zero-order valence-electron chi connectivity index (χ0n) is 9.30. The van der Waals surface area contributed by atoms with Crippen molar-refractivity contribution in [3.63, 3.8) is 0 Å². The van der Waals surface area contributed by atoms with Crippen LogP contribution in [0.1, 0.15) is 32.1 Å². The Labute approximate surface area is 91.4 Å². The van der Waals surface area contributed by atoms with Gasteiger partial charge in [0.05, 0.1) is 0 Å². The number of nitrogens with zero attached hydrogens (tertiary/aromatic N) is 1. The third kappa shape index (κ3) is 3.70. The Morgan fingerprint density at radius 1 is 1.20 bits per heavy atom. The second kappa shape index (κ2) is 5.35. The van der Waals surface area contributed by atoms with Gasteiger partial charge >= 0.3 is 6.03 Å². The minimum absolute atomic E-state index is 0.124. The van der Waals surface area contributed by atoms with Crippen LogP contribution in [-0.4, -0.2) is 43.2 Å². The van der Waals surface area contributed by atoms with E-state index in [2.05, 4.69) is 10.6 Å². The number of likely N-dealkylation sites (tertiary alicyclic amines) is 1. The summed E-state index contributed by atoms with van der Waals surface area (Å²) in [7, 11) is 0. The highest BCUT2D eigenvalue weighted by atomic mass is 16.2. The molecule has 2 rings (SSSR count). The Morgan fingerprint density at radius 3 is 2.60 bits per heavy atom. The van der Waals surface area contributed by atoms with Crippen molar-refractivity contribution in [1.82, 2.24) is 15.5 Å². The Kier molecular flexibility index (Phi) is 3.83. The van der Waals surface area contributed by atoms with Crippen molar-refractivity contribution in [2.75, 3.05) is 26.2 Å². The van der Waals surface area contributed by atoms with Crippen molar-refractivity contribution in [3.05, 3.63) is 0 Å². The number of amides is 2. The van der Waals surface area contributed by atoms with E-state index in [-0.39, 0.29) is 6.03 Å². The highest BCUT2D eigenvalue weighted by molar-refractivity contribution is 5.74. The van der Waals surface area contributed by atoms with E-state index in [9.17, 15) is 4.79 Å². The molecule has 2 N–H and O–H groups in total. The summed E-state index contributed by atoms with van der Waals surface area (Å²) >= 11 is 0. The molecule has 1 aliphatic carbocycles. The summed E-state index contributed by atoms with van der Waals surface area (Å²) in [5.74, 6) is 0. The summed E-state index contributed by atoms with van der Waals surface area (Å²) < 4.78 is 0. The van der Waals surface area contributed by atoms with Crippen LogP contribution in [0.4, 0.5) is 4.79 Å². The fourth-order valence-corrected chi connectivity index (χ4v) is 1.91. The maximum Gasteiger partial charge on any atom is 0.317 e. The third-order valence-corrected chi connectivity index (χ3v) is 3.03. The van der Waals surface area contributed by atoms with Crippen LogP contribution in [-0.2, 0) is 0 Å². The van der Waals surface area contributed by atoms with Gasteiger partial charge in [-0.25, -0.2) is 4.79 Å². The van der Waals surface area contributed by atoms with Gasteiger partial charge in [-0.1, -0.05) is 0 Å². The smallest absolute Gasteiger partial charge is 0.317 e. The van der Waals surface area contributed by atoms with Crippen LogP contribution in [0.25, 0.3) is 0 Å². The maximum absolute atomic E-state index is 11.5. The molecule has 2 fully saturated rings. The molecular formula is C11H21N3O. The van der Waals surface area contributed by atoms with Crippen LogP contribution in [0.15, 0.2) is 0 Å². The van der Waals surface area contributed by atoms with E-state index in [1.807, 2.05) is 4.90 Å². The van der Waals surface area contributed by atoms with Crippen LogP contribution in [0, 0.1) is 0 Å². The third-order valence-electron chi connectivity index (χ3n) is 3.03. The van der Waals surface area contributed by atoms with Crippen LogP contribution >= 0.6 is 0 Å². The van der Waals surface area contributed by atoms with Gasteiger partial charge in [0.1, 0.15) is 0 Å². The summed E-state index contributed by atoms with van der Waals surface area (Å²) in [4.78, 5) is 13.5. The summed E-state index contributed by atoms with van der Waals surface area (Å²) in [5.41, 5.74) is 0. The van der Waals surface area contributed by atoms with E-state index in [1.54, 1.807) is 0 Å². The molecule has 0 bridgehead atoms. The van der Waals surface area contributed by atoms with E-state index < -0.39 is 0 Å². The van der Waals surface area contributed by atoms with Crippen molar-refractivity contribution >= 4 is 6.03 Å². The predicted octanol–water partition coefficient (Wildman–Crippen LogP) is 0.934. The van der Waals surface area contributed by atoms with Crippen LogP contribution in [0.3, 0.4) is 0 Å². The summed E-state index contributed by atoms with van der Waals surface area (Å²) in [5, 5.41) is 6.40. The molecule has 1 aliphatic heterocycles. The average Bonchev–Trinajstić information content (AvgIpc) is 2.90. The lowest BCUT2D eigenvalue weighted by atomic mass is 10.4. The Bertz CT molecular complexity index is 210. The predicted molar refractivity (Wildman–Crippen MR) is 59.8 cm³/mol. The normalized spacial score (nSPS) is 20.7. The quantitative estimate of drug-likeness (QED) is 0.665. The molecule has 15 heavy (non-hydrogen) atoms. The summed E-state index contributed by atoms with van der Waals surface area (Å²) in [6, 6.07) is 0.901. The average molecular weight is 211 g/mol. The zero-order valence-corrected chi connectivity index (χ0v) is 9.30. The Balaban J connectivity index is 1.46. The molecule has 0 aromatic carbocycles. The molecular weight excluding hydrogens is 190 g/mol. The fraction of sp³-hybridized carbons (Fsp3) is 0.909. The van der Waals surface area contributed by atoms with E-state index in [1.165, 1.54) is 12.8 Å². The standard InChI is InChI=1S/C11H21N3O/c15-11(14-8-1-2-9-14)13-7-3-6-12-10-4-5-10/h10,12H,1-9H2,(H,13,15). The van der Waals surface area contributed by atoms with E-state index in [4.69, 9.17) is 0 Å². The van der Waals surface area contributed by atoms with Crippen molar-refractivity contribution in [1.29, 1.82) is 0 Å². The van der Waals surface area contributed by atoms with Gasteiger partial charge < -0.3 is 15.5 Å². The number of hydrogen-bond acceptors (Lipinski definition) is 2. The highest BCUT2D eigenvalue weighted by Gasteiger charge is 2.20. The highest BCUT2D eigenvalue weighted by Crippen LogP contribution is 2.18. The molecule has 2 aliphatic rings. The van der Waals surface area contributed by atoms with Crippen LogP contribution in [0.5, 0.6) is 0 Å². The van der Waals surface area contributed by atoms with Crippen molar-refractivity contribution in [2.24, 2.45) is 0 Å². The molecule has 4 nitrogen and oxygen atoms in total. The molecule has 1 saturated carbocycles. The molecule has 0 radical (unpaired) electrons. The van der Waals surface area contributed by atoms with Gasteiger partial charge in [-0.15, -0.1) is 0 Å². The van der Waals surface area contributed by atoms with Crippen LogP contribution < -0.4 is 10.6 Å². The Morgan fingerprint density at radius 2 is 1.93 bits per heavy atom. The van der Waals surface area contributed by atoms with Crippen molar-refractivity contribution in [3.8, 4) is 0 Å². The van der Waals surface area contributed by atoms with Crippen molar-refractivity contribution < 1.29 is 4.79 Å². The number of carbonyl (C=O) groups excluding carboxylic acids is 1. The van der Waals surface area contributed by atoms with Gasteiger partial charge in [-0.05, 0) is 38.6 Å². The van der Waals surface area contributed by atoms with Gasteiger partial charge in [0, 0.05) is 25.7 Å². The van der Waals surface area contributed by atoms with Gasteiger partial charge in [-0.2, -0.15) is 0 Å². The molecule has 4 heteroatoms. The Hall–Kier alpha value is -0.770. The van der Waals surface area contributed by atoms with Gasteiger partial charge in [-0.3, -0.25) is 0 Å². The number of nitrogens with one attached hydrogen (secondary N) is 2. The van der Waals surface area contributed by atoms with Gasteiger partial charge in [0.2, 0.25) is 0 Å². The van der Waals surface area contributed by atoms with E-state index in [0.717, 1.165) is 51.5 Å². The molecule has 2 amide bonds. The molecule has 0 unspecified atom stereocenters. The molecule has 0 aromatic heterocycles. The molecule has 86 valence electrons. The lowest BCUT2D eigenvalue weighted by Crippen LogP contribution is -2.39. The van der Waals surface area contributed by atoms with Gasteiger partial charge in [0.25, 0.3) is 0 Å². The lowest BCUT2D eigenvalue weighted by Gasteiger charge is -2.16. The minimum Gasteiger partial charge on any atom is -0.338 e. The zero-order chi connectivity index (χ0) is 10.5. The number of urea groups is 1. The molecule has 0 spiro atoms. The fourth-order valence-electron chi connectivity index (χ4n) is 1.91. The van der Waals surface area contributed by atoms with Crippen molar-refractivity contribution in [2.45, 2.75) is 38.1 Å². The lowest BCUT2D eigenvalue weighted by molar-refractivity contribution is 0.208. The molecule has 0 aromatic rings. The molecule has 0 atom stereocenters. The maximum atomic E-state index is 11.5. The van der Waals surface area contributed by atoms with Crippen LogP contribution in [0.2, 0.25) is 0 Å². The second-order valence-electron chi connectivity index (χ2n) is 4.51. The first kappa shape index (κ1) is 10.7. The van der Waals surface area contributed by atoms with E-state index in [0.29, 0.717) is 0 Å². The first-order valence-electron chi connectivity index (χ1n) is 6.12. The summed E-state index contributed by atoms with van der Waals surface area (Å²) in [6.45, 7) is 3.71. The number of carbonyl (C=O) groups is 1. The minimum atomic E-state index is 0.124. The van der Waals surface area contributed by atoms with Gasteiger partial charge in [0.15, 0.2) is 0 Å².